The summed E-state index contributed by atoms with van der Waals surface area (Å²) in [6.07, 6.45) is -0.161. The number of halogens is 2. The number of urea groups is 1. The number of rotatable bonds is 4. The molecule has 0 heterocycles. The Morgan fingerprint density at radius 1 is 1.29 bits per heavy atom. The Morgan fingerprint density at radius 3 is 2.38 bits per heavy atom. The average molecular weight is 333 g/mol. The third-order valence-electron chi connectivity index (χ3n) is 2.91. The van der Waals surface area contributed by atoms with E-state index in [9.17, 15) is 9.59 Å². The van der Waals surface area contributed by atoms with Gasteiger partial charge in [0, 0.05) is 11.1 Å². The molecule has 0 aliphatic rings. The van der Waals surface area contributed by atoms with Gasteiger partial charge < -0.3 is 15.7 Å². The van der Waals surface area contributed by atoms with Crippen LogP contribution in [0.2, 0.25) is 10.0 Å². The van der Waals surface area contributed by atoms with Crippen LogP contribution in [0, 0.1) is 5.41 Å². The molecule has 0 saturated carbocycles. The van der Waals surface area contributed by atoms with Crippen molar-refractivity contribution in [1.29, 1.82) is 0 Å². The summed E-state index contributed by atoms with van der Waals surface area (Å²) in [6.45, 7) is 5.57. The van der Waals surface area contributed by atoms with E-state index in [0.717, 1.165) is 0 Å². The van der Waals surface area contributed by atoms with Crippen LogP contribution in [0.1, 0.15) is 27.2 Å². The van der Waals surface area contributed by atoms with Gasteiger partial charge in [-0.05, 0) is 23.6 Å². The predicted octanol–water partition coefficient (Wildman–Crippen LogP) is 4.00. The summed E-state index contributed by atoms with van der Waals surface area (Å²) in [5.41, 5.74) is 0.0148. The largest absolute Gasteiger partial charge is 0.481 e. The molecule has 0 aliphatic heterocycles. The van der Waals surface area contributed by atoms with Gasteiger partial charge in [-0.2, -0.15) is 0 Å². The van der Waals surface area contributed by atoms with Gasteiger partial charge in [-0.25, -0.2) is 4.79 Å². The third kappa shape index (κ3) is 5.81. The third-order valence-corrected chi connectivity index (χ3v) is 3.46. The van der Waals surface area contributed by atoms with Crippen LogP contribution in [0.4, 0.5) is 10.5 Å². The molecule has 1 rings (SSSR count). The van der Waals surface area contributed by atoms with E-state index in [4.69, 9.17) is 28.3 Å². The van der Waals surface area contributed by atoms with Crippen LogP contribution in [0.3, 0.4) is 0 Å². The van der Waals surface area contributed by atoms with Crippen molar-refractivity contribution < 1.29 is 14.7 Å². The van der Waals surface area contributed by atoms with Crippen LogP contribution in [0.15, 0.2) is 18.2 Å². The number of carboxylic acid groups (broad SMARTS) is 1. The number of carboxylic acids is 1. The molecular weight excluding hydrogens is 315 g/mol. The van der Waals surface area contributed by atoms with Crippen molar-refractivity contribution in [3.63, 3.8) is 0 Å². The second-order valence-electron chi connectivity index (χ2n) is 5.74. The van der Waals surface area contributed by atoms with E-state index in [0.29, 0.717) is 15.7 Å². The van der Waals surface area contributed by atoms with Gasteiger partial charge >= 0.3 is 12.0 Å². The molecule has 1 atom stereocenters. The van der Waals surface area contributed by atoms with Gasteiger partial charge in [0.15, 0.2) is 0 Å². The van der Waals surface area contributed by atoms with Crippen molar-refractivity contribution >= 4 is 40.9 Å². The summed E-state index contributed by atoms with van der Waals surface area (Å²) in [5, 5.41) is 14.9. The highest BCUT2D eigenvalue weighted by molar-refractivity contribution is 6.36. The molecule has 0 aliphatic carbocycles. The first-order chi connectivity index (χ1) is 9.59. The van der Waals surface area contributed by atoms with Gasteiger partial charge in [-0.1, -0.05) is 44.0 Å². The molecule has 3 N–H and O–H groups in total. The molecule has 0 spiro atoms. The van der Waals surface area contributed by atoms with Crippen molar-refractivity contribution in [3.05, 3.63) is 28.2 Å². The number of carbonyl (C=O) groups is 2. The van der Waals surface area contributed by atoms with E-state index in [1.165, 1.54) is 6.07 Å². The smallest absolute Gasteiger partial charge is 0.319 e. The summed E-state index contributed by atoms with van der Waals surface area (Å²) < 4.78 is 0. The quantitative estimate of drug-likeness (QED) is 0.779. The van der Waals surface area contributed by atoms with E-state index in [-0.39, 0.29) is 11.8 Å². The normalized spacial score (nSPS) is 12.6. The first kappa shape index (κ1) is 17.6. The highest BCUT2D eigenvalue weighted by Crippen LogP contribution is 2.26. The average Bonchev–Trinajstić information content (AvgIpc) is 2.30. The summed E-state index contributed by atoms with van der Waals surface area (Å²) >= 11 is 11.7. The van der Waals surface area contributed by atoms with Crippen LogP contribution in [-0.2, 0) is 4.79 Å². The number of benzene rings is 1. The van der Waals surface area contributed by atoms with Crippen LogP contribution < -0.4 is 10.6 Å². The first-order valence-corrected chi connectivity index (χ1v) is 7.09. The molecule has 0 aromatic heterocycles. The van der Waals surface area contributed by atoms with E-state index in [1.807, 2.05) is 20.8 Å². The van der Waals surface area contributed by atoms with Crippen LogP contribution >= 0.6 is 23.2 Å². The minimum absolute atomic E-state index is 0.161. The number of anilines is 1. The molecule has 21 heavy (non-hydrogen) atoms. The zero-order chi connectivity index (χ0) is 16.2. The van der Waals surface area contributed by atoms with E-state index in [1.54, 1.807) is 12.1 Å². The fourth-order valence-electron chi connectivity index (χ4n) is 1.66. The van der Waals surface area contributed by atoms with Crippen LogP contribution in [0.5, 0.6) is 0 Å². The molecular formula is C14H18Cl2N2O3. The Bertz CT molecular complexity index is 542. The standard InChI is InChI=1S/C14H18Cl2N2O3/c1-14(2,3)11(7-12(19)20)18-13(21)17-10-5-4-8(15)6-9(10)16/h4-6,11H,7H2,1-3H3,(H,19,20)(H2,17,18,21). The highest BCUT2D eigenvalue weighted by atomic mass is 35.5. The Kier molecular flexibility index (Phi) is 5.87. The SMILES string of the molecule is CC(C)(C)C(CC(=O)O)NC(=O)Nc1ccc(Cl)cc1Cl. The molecule has 0 bridgehead atoms. The number of carbonyl (C=O) groups excluding carboxylic acids is 1. The molecule has 7 heteroatoms. The number of hydrogen-bond acceptors (Lipinski definition) is 2. The molecule has 2 amide bonds. The van der Waals surface area contributed by atoms with Gasteiger partial charge in [-0.15, -0.1) is 0 Å². The predicted molar refractivity (Wildman–Crippen MR) is 84.1 cm³/mol. The summed E-state index contributed by atoms with van der Waals surface area (Å²) in [5.74, 6) is -0.972. The molecule has 1 aromatic carbocycles. The number of aliphatic carboxylic acids is 1. The van der Waals surface area contributed by atoms with Gasteiger partial charge in [-0.3, -0.25) is 4.79 Å². The second-order valence-corrected chi connectivity index (χ2v) is 6.58. The van der Waals surface area contributed by atoms with E-state index in [2.05, 4.69) is 10.6 Å². The molecule has 0 fully saturated rings. The minimum atomic E-state index is -0.972. The lowest BCUT2D eigenvalue weighted by Crippen LogP contribution is -2.46. The van der Waals surface area contributed by atoms with Crippen LogP contribution in [-0.4, -0.2) is 23.1 Å². The van der Waals surface area contributed by atoms with E-state index >= 15 is 0 Å². The lowest BCUT2D eigenvalue weighted by Gasteiger charge is -2.30. The van der Waals surface area contributed by atoms with Crippen molar-refractivity contribution in [2.45, 2.75) is 33.2 Å². The summed E-state index contributed by atoms with van der Waals surface area (Å²) in [6, 6.07) is 3.66. The Hall–Kier alpha value is -1.46. The first-order valence-electron chi connectivity index (χ1n) is 6.34. The lowest BCUT2D eigenvalue weighted by atomic mass is 9.85. The van der Waals surface area contributed by atoms with Crippen LogP contribution in [0.25, 0.3) is 0 Å². The number of amides is 2. The fraction of sp³-hybridized carbons (Fsp3) is 0.429. The minimum Gasteiger partial charge on any atom is -0.481 e. The van der Waals surface area contributed by atoms with Crippen molar-refractivity contribution in [1.82, 2.24) is 5.32 Å². The van der Waals surface area contributed by atoms with E-state index < -0.39 is 18.0 Å². The Balaban J connectivity index is 2.76. The fourth-order valence-corrected chi connectivity index (χ4v) is 2.11. The molecule has 0 radical (unpaired) electrons. The zero-order valence-corrected chi connectivity index (χ0v) is 13.5. The molecule has 0 saturated heterocycles. The van der Waals surface area contributed by atoms with Gasteiger partial charge in [0.05, 0.1) is 17.1 Å². The molecule has 5 nitrogen and oxygen atoms in total. The monoisotopic (exact) mass is 332 g/mol. The second kappa shape index (κ2) is 7.00. The molecule has 1 unspecified atom stereocenters. The van der Waals surface area contributed by atoms with Gasteiger partial charge in [0.2, 0.25) is 0 Å². The van der Waals surface area contributed by atoms with Gasteiger partial charge in [0.25, 0.3) is 0 Å². The maximum Gasteiger partial charge on any atom is 0.319 e. The summed E-state index contributed by atoms with van der Waals surface area (Å²) in [7, 11) is 0. The Morgan fingerprint density at radius 2 is 1.90 bits per heavy atom. The van der Waals surface area contributed by atoms with Crippen molar-refractivity contribution in [2.24, 2.45) is 5.41 Å². The number of nitrogens with one attached hydrogen (secondary N) is 2. The number of hydrogen-bond donors (Lipinski definition) is 3. The summed E-state index contributed by atoms with van der Waals surface area (Å²) in [4.78, 5) is 22.9. The van der Waals surface area contributed by atoms with Gasteiger partial charge in [0.1, 0.15) is 0 Å². The Labute approximate surface area is 133 Å². The molecule has 1 aromatic rings. The topological polar surface area (TPSA) is 78.4 Å². The zero-order valence-electron chi connectivity index (χ0n) is 12.0. The van der Waals surface area contributed by atoms with Crippen molar-refractivity contribution in [3.8, 4) is 0 Å². The highest BCUT2D eigenvalue weighted by Gasteiger charge is 2.28. The lowest BCUT2D eigenvalue weighted by molar-refractivity contribution is -0.138. The maximum atomic E-state index is 12.0. The maximum absolute atomic E-state index is 12.0. The van der Waals surface area contributed by atoms with Crippen molar-refractivity contribution in [2.75, 3.05) is 5.32 Å². The molecule has 116 valence electrons.